The van der Waals surface area contributed by atoms with Gasteiger partial charge in [0.1, 0.15) is 6.04 Å². The normalized spacial score (nSPS) is 12.6. The molecular weight excluding hydrogens is 485 g/mol. The molecule has 0 aliphatic rings. The number of thioether (sulfide) groups is 1. The van der Waals surface area contributed by atoms with Gasteiger partial charge in [0, 0.05) is 46.1 Å². The molecule has 2 aromatic rings. The van der Waals surface area contributed by atoms with Gasteiger partial charge in [-0.2, -0.15) is 0 Å². The molecule has 33 heavy (non-hydrogen) atoms. The van der Waals surface area contributed by atoms with Crippen LogP contribution in [0.25, 0.3) is 0 Å². The molecule has 10 heteroatoms. The van der Waals surface area contributed by atoms with Crippen LogP contribution in [0.2, 0.25) is 10.0 Å². The van der Waals surface area contributed by atoms with Crippen LogP contribution in [0, 0.1) is 10.1 Å². The van der Waals surface area contributed by atoms with Crippen molar-refractivity contribution in [3.8, 4) is 0 Å². The van der Waals surface area contributed by atoms with Gasteiger partial charge in [-0.1, -0.05) is 48.3 Å². The Morgan fingerprint density at radius 1 is 1.12 bits per heavy atom. The van der Waals surface area contributed by atoms with E-state index in [1.807, 2.05) is 13.8 Å². The van der Waals surface area contributed by atoms with E-state index in [2.05, 4.69) is 5.32 Å². The monoisotopic (exact) mass is 511 g/mol. The lowest BCUT2D eigenvalue weighted by Crippen LogP contribution is -2.50. The second-order valence-corrected chi connectivity index (χ2v) is 9.43. The lowest BCUT2D eigenvalue weighted by molar-refractivity contribution is -0.384. The standard InChI is InChI=1S/C23H27Cl2N3O4S/c1-4-15(2)26-23(30)16(3)27(12-19-20(24)6-5-7-21(19)25)22(29)14-33-13-17-8-10-18(11-9-17)28(31)32/h5-11,15-16H,4,12-14H2,1-3H3,(H,26,30)/t15-,16+/m0/s1. The van der Waals surface area contributed by atoms with Crippen LogP contribution in [-0.2, 0) is 21.9 Å². The van der Waals surface area contributed by atoms with Crippen molar-refractivity contribution in [2.24, 2.45) is 0 Å². The van der Waals surface area contributed by atoms with Crippen molar-refractivity contribution in [2.75, 3.05) is 5.75 Å². The van der Waals surface area contributed by atoms with Crippen molar-refractivity contribution in [3.63, 3.8) is 0 Å². The Labute approximate surface area is 208 Å². The molecule has 0 aliphatic carbocycles. The summed E-state index contributed by atoms with van der Waals surface area (Å²) < 4.78 is 0. The first kappa shape index (κ1) is 27.0. The van der Waals surface area contributed by atoms with Crippen molar-refractivity contribution in [1.82, 2.24) is 10.2 Å². The number of carbonyl (C=O) groups is 2. The van der Waals surface area contributed by atoms with E-state index < -0.39 is 11.0 Å². The van der Waals surface area contributed by atoms with E-state index >= 15 is 0 Å². The van der Waals surface area contributed by atoms with E-state index in [1.165, 1.54) is 28.8 Å². The number of nitrogens with one attached hydrogen (secondary N) is 1. The molecule has 0 fully saturated rings. The summed E-state index contributed by atoms with van der Waals surface area (Å²) in [5.41, 5.74) is 1.46. The van der Waals surface area contributed by atoms with Crippen molar-refractivity contribution in [3.05, 3.63) is 73.8 Å². The summed E-state index contributed by atoms with van der Waals surface area (Å²) in [6.45, 7) is 5.66. The van der Waals surface area contributed by atoms with Gasteiger partial charge in [0.25, 0.3) is 5.69 Å². The Morgan fingerprint density at radius 2 is 1.73 bits per heavy atom. The van der Waals surface area contributed by atoms with Crippen LogP contribution in [-0.4, -0.2) is 39.5 Å². The van der Waals surface area contributed by atoms with E-state index in [0.717, 1.165) is 12.0 Å². The topological polar surface area (TPSA) is 92.6 Å². The predicted octanol–water partition coefficient (Wildman–Crippen LogP) is 5.47. The highest BCUT2D eigenvalue weighted by Gasteiger charge is 2.28. The van der Waals surface area contributed by atoms with Crippen molar-refractivity contribution >= 4 is 52.5 Å². The lowest BCUT2D eigenvalue weighted by Gasteiger charge is -2.30. The number of hydrogen-bond donors (Lipinski definition) is 1. The number of hydrogen-bond acceptors (Lipinski definition) is 5. The zero-order valence-electron chi connectivity index (χ0n) is 18.7. The average Bonchev–Trinajstić information content (AvgIpc) is 2.78. The van der Waals surface area contributed by atoms with Gasteiger partial charge >= 0.3 is 0 Å². The number of carbonyl (C=O) groups excluding carboxylic acids is 2. The quantitative estimate of drug-likeness (QED) is 0.319. The molecule has 0 heterocycles. The first-order valence-electron chi connectivity index (χ1n) is 10.5. The molecule has 0 saturated carbocycles. The molecule has 0 aliphatic heterocycles. The van der Waals surface area contributed by atoms with E-state index in [4.69, 9.17) is 23.2 Å². The van der Waals surface area contributed by atoms with Crippen LogP contribution in [0.3, 0.4) is 0 Å². The van der Waals surface area contributed by atoms with Gasteiger partial charge in [-0.25, -0.2) is 0 Å². The molecule has 0 bridgehead atoms. The Balaban J connectivity index is 2.12. The van der Waals surface area contributed by atoms with Crippen LogP contribution in [0.1, 0.15) is 38.3 Å². The number of nitro groups is 1. The van der Waals surface area contributed by atoms with Gasteiger partial charge in [0.05, 0.1) is 10.7 Å². The summed E-state index contributed by atoms with van der Waals surface area (Å²) in [6.07, 6.45) is 0.772. The molecule has 0 radical (unpaired) electrons. The van der Waals surface area contributed by atoms with Gasteiger partial charge in [-0.05, 0) is 38.0 Å². The summed E-state index contributed by atoms with van der Waals surface area (Å²) in [5.74, 6) is 0.142. The zero-order valence-corrected chi connectivity index (χ0v) is 21.0. The number of rotatable bonds is 11. The Kier molecular flexibility index (Phi) is 10.5. The van der Waals surface area contributed by atoms with E-state index in [0.29, 0.717) is 21.4 Å². The molecule has 2 aromatic carbocycles. The largest absolute Gasteiger partial charge is 0.352 e. The third-order valence-corrected chi connectivity index (χ3v) is 6.90. The fourth-order valence-electron chi connectivity index (χ4n) is 2.95. The Morgan fingerprint density at radius 3 is 2.27 bits per heavy atom. The molecule has 2 rings (SSSR count). The van der Waals surface area contributed by atoms with Crippen molar-refractivity contribution in [2.45, 2.75) is 51.6 Å². The summed E-state index contributed by atoms with van der Waals surface area (Å²) >= 11 is 14.0. The second-order valence-electron chi connectivity index (χ2n) is 7.63. The molecular formula is C23H27Cl2N3O4S. The third-order valence-electron chi connectivity index (χ3n) is 5.20. The molecule has 0 spiro atoms. The molecule has 178 valence electrons. The minimum atomic E-state index is -0.723. The SMILES string of the molecule is CC[C@H](C)NC(=O)[C@@H](C)N(Cc1c(Cl)cccc1Cl)C(=O)CSCc1ccc([N+](=O)[O-])cc1. The van der Waals surface area contributed by atoms with Gasteiger partial charge in [0.2, 0.25) is 11.8 Å². The van der Waals surface area contributed by atoms with Crippen molar-refractivity contribution in [1.29, 1.82) is 0 Å². The second kappa shape index (κ2) is 12.8. The van der Waals surface area contributed by atoms with Crippen LogP contribution < -0.4 is 5.32 Å². The maximum absolute atomic E-state index is 13.2. The van der Waals surface area contributed by atoms with Crippen LogP contribution in [0.15, 0.2) is 42.5 Å². The average molecular weight is 512 g/mol. The number of amides is 2. The van der Waals surface area contributed by atoms with E-state index in [-0.39, 0.29) is 35.8 Å². The van der Waals surface area contributed by atoms with E-state index in [1.54, 1.807) is 37.3 Å². The fourth-order valence-corrected chi connectivity index (χ4v) is 4.34. The minimum Gasteiger partial charge on any atom is -0.352 e. The third kappa shape index (κ3) is 7.91. The Hall–Kier alpha value is -2.29. The Bertz CT molecular complexity index is 968. The van der Waals surface area contributed by atoms with Gasteiger partial charge in [0.15, 0.2) is 0 Å². The minimum absolute atomic E-state index is 0.0164. The first-order chi connectivity index (χ1) is 15.6. The highest BCUT2D eigenvalue weighted by molar-refractivity contribution is 7.99. The highest BCUT2D eigenvalue weighted by Crippen LogP contribution is 2.27. The van der Waals surface area contributed by atoms with Gasteiger partial charge < -0.3 is 10.2 Å². The number of non-ortho nitro benzene ring substituents is 1. The van der Waals surface area contributed by atoms with Gasteiger partial charge in [-0.15, -0.1) is 11.8 Å². The summed E-state index contributed by atoms with van der Waals surface area (Å²) in [4.78, 5) is 37.7. The summed E-state index contributed by atoms with van der Waals surface area (Å²) in [5, 5.41) is 14.6. The predicted molar refractivity (Wildman–Crippen MR) is 134 cm³/mol. The van der Waals surface area contributed by atoms with Crippen LogP contribution in [0.5, 0.6) is 0 Å². The molecule has 2 atom stereocenters. The summed E-state index contributed by atoms with van der Waals surface area (Å²) in [7, 11) is 0. The van der Waals surface area contributed by atoms with Crippen LogP contribution >= 0.6 is 35.0 Å². The maximum atomic E-state index is 13.2. The van der Waals surface area contributed by atoms with Crippen LogP contribution in [0.4, 0.5) is 5.69 Å². The molecule has 2 amide bonds. The highest BCUT2D eigenvalue weighted by atomic mass is 35.5. The lowest BCUT2D eigenvalue weighted by atomic mass is 10.1. The zero-order chi connectivity index (χ0) is 24.5. The molecule has 1 N–H and O–H groups in total. The maximum Gasteiger partial charge on any atom is 0.269 e. The number of nitro benzene ring substituents is 1. The van der Waals surface area contributed by atoms with E-state index in [9.17, 15) is 19.7 Å². The van der Waals surface area contributed by atoms with Gasteiger partial charge in [-0.3, -0.25) is 19.7 Å². The smallest absolute Gasteiger partial charge is 0.269 e. The fraction of sp³-hybridized carbons (Fsp3) is 0.391. The molecule has 0 saturated heterocycles. The summed E-state index contributed by atoms with van der Waals surface area (Å²) in [6, 6.07) is 10.6. The number of benzene rings is 2. The molecule has 0 aromatic heterocycles. The molecule has 0 unspecified atom stereocenters. The number of nitrogens with zero attached hydrogens (tertiary/aromatic N) is 2. The number of halogens is 2. The first-order valence-corrected chi connectivity index (χ1v) is 12.4. The van der Waals surface area contributed by atoms with Crippen molar-refractivity contribution < 1.29 is 14.5 Å². The molecule has 7 nitrogen and oxygen atoms in total.